The quantitative estimate of drug-likeness (QED) is 0.282. The lowest BCUT2D eigenvalue weighted by Crippen LogP contribution is -2.45. The molecule has 2 rings (SSSR count). The summed E-state index contributed by atoms with van der Waals surface area (Å²) in [5.41, 5.74) is -1.61. The molecule has 2 N–H and O–H groups in total. The van der Waals surface area contributed by atoms with E-state index in [1.54, 1.807) is 12.1 Å². The SMILES string of the molecule is Cc1c(CC(=O)OCCC(C(=O)O)(C(=O)O)c2ccccc2)cccc1[N+](=O)[O-]. The van der Waals surface area contributed by atoms with Crippen molar-refractivity contribution in [2.75, 3.05) is 6.61 Å². The molecule has 9 nitrogen and oxygen atoms in total. The van der Waals surface area contributed by atoms with E-state index in [2.05, 4.69) is 0 Å². The molecular formula is C20H19NO8. The van der Waals surface area contributed by atoms with E-state index < -0.39 is 41.3 Å². The first kappa shape index (κ1) is 21.5. The van der Waals surface area contributed by atoms with Crippen molar-refractivity contribution in [3.8, 4) is 0 Å². The topological polar surface area (TPSA) is 144 Å². The number of carboxylic acids is 2. The largest absolute Gasteiger partial charge is 0.480 e. The Hall–Kier alpha value is -3.75. The van der Waals surface area contributed by atoms with Gasteiger partial charge in [-0.3, -0.25) is 24.5 Å². The van der Waals surface area contributed by atoms with Gasteiger partial charge in [0.1, 0.15) is 0 Å². The van der Waals surface area contributed by atoms with Gasteiger partial charge in [-0.2, -0.15) is 0 Å². The number of nitrogens with zero attached hydrogens (tertiary/aromatic N) is 1. The smallest absolute Gasteiger partial charge is 0.325 e. The Bertz CT molecular complexity index is 925. The highest BCUT2D eigenvalue weighted by Gasteiger charge is 2.48. The summed E-state index contributed by atoms with van der Waals surface area (Å²) >= 11 is 0. The molecule has 152 valence electrons. The third-order valence-corrected chi connectivity index (χ3v) is 4.69. The second kappa shape index (κ2) is 8.96. The van der Waals surface area contributed by atoms with Crippen molar-refractivity contribution in [3.05, 3.63) is 75.3 Å². The van der Waals surface area contributed by atoms with E-state index >= 15 is 0 Å². The molecule has 0 fully saturated rings. The van der Waals surface area contributed by atoms with Crippen molar-refractivity contribution in [1.29, 1.82) is 0 Å². The van der Waals surface area contributed by atoms with E-state index in [1.807, 2.05) is 0 Å². The van der Waals surface area contributed by atoms with Crippen LogP contribution in [0.5, 0.6) is 0 Å². The Morgan fingerprint density at radius 1 is 1.03 bits per heavy atom. The maximum Gasteiger partial charge on any atom is 0.325 e. The van der Waals surface area contributed by atoms with Crippen LogP contribution in [0, 0.1) is 17.0 Å². The molecule has 2 aromatic carbocycles. The number of carbonyl (C=O) groups excluding carboxylic acids is 1. The second-order valence-corrected chi connectivity index (χ2v) is 6.35. The maximum atomic E-state index is 12.1. The lowest BCUT2D eigenvalue weighted by molar-refractivity contribution is -0.385. The minimum absolute atomic E-state index is 0.0607. The van der Waals surface area contributed by atoms with Crippen LogP contribution < -0.4 is 0 Å². The molecule has 0 aliphatic heterocycles. The number of aliphatic carboxylic acids is 2. The summed E-state index contributed by atoms with van der Waals surface area (Å²) in [7, 11) is 0. The Balaban J connectivity index is 2.11. The van der Waals surface area contributed by atoms with Crippen molar-refractivity contribution in [2.24, 2.45) is 0 Å². The number of esters is 1. The molecule has 29 heavy (non-hydrogen) atoms. The van der Waals surface area contributed by atoms with Gasteiger partial charge in [0.05, 0.1) is 18.0 Å². The van der Waals surface area contributed by atoms with Gasteiger partial charge in [0.15, 0.2) is 5.41 Å². The number of benzene rings is 2. The highest BCUT2D eigenvalue weighted by atomic mass is 16.6. The van der Waals surface area contributed by atoms with Gasteiger partial charge in [-0.25, -0.2) is 0 Å². The number of hydrogen-bond donors (Lipinski definition) is 2. The fourth-order valence-electron chi connectivity index (χ4n) is 3.00. The Labute approximate surface area is 165 Å². The predicted molar refractivity (Wildman–Crippen MR) is 101 cm³/mol. The van der Waals surface area contributed by atoms with Crippen molar-refractivity contribution < 1.29 is 34.3 Å². The van der Waals surface area contributed by atoms with Crippen molar-refractivity contribution in [1.82, 2.24) is 0 Å². The number of ether oxygens (including phenoxy) is 1. The van der Waals surface area contributed by atoms with Gasteiger partial charge >= 0.3 is 17.9 Å². The van der Waals surface area contributed by atoms with Gasteiger partial charge in [0.25, 0.3) is 5.69 Å². The number of nitro benzene ring substituents is 1. The average molecular weight is 401 g/mol. The Morgan fingerprint density at radius 2 is 1.66 bits per heavy atom. The molecule has 0 spiro atoms. The van der Waals surface area contributed by atoms with Crippen LogP contribution in [0.15, 0.2) is 48.5 Å². The molecule has 0 saturated carbocycles. The summed E-state index contributed by atoms with van der Waals surface area (Å²) in [4.78, 5) is 46.1. The summed E-state index contributed by atoms with van der Waals surface area (Å²) in [6.45, 7) is 1.07. The minimum atomic E-state index is -2.26. The summed E-state index contributed by atoms with van der Waals surface area (Å²) < 4.78 is 5.04. The normalized spacial score (nSPS) is 10.9. The summed E-state index contributed by atoms with van der Waals surface area (Å²) in [6, 6.07) is 11.8. The predicted octanol–water partition coefficient (Wildman–Crippen LogP) is 2.49. The van der Waals surface area contributed by atoms with E-state index in [1.165, 1.54) is 43.3 Å². The molecule has 0 aliphatic rings. The first-order chi connectivity index (χ1) is 13.7. The minimum Gasteiger partial charge on any atom is -0.480 e. The first-order valence-corrected chi connectivity index (χ1v) is 8.61. The standard InChI is InChI=1S/C20H19NO8/c1-13-14(6-5-9-16(13)21(27)28)12-17(22)29-11-10-20(18(23)24,19(25)26)15-7-3-2-4-8-15/h2-9H,10-12H2,1H3,(H,23,24)(H,25,26). The number of carbonyl (C=O) groups is 3. The van der Waals surface area contributed by atoms with E-state index in [-0.39, 0.29) is 17.7 Å². The molecule has 0 amide bonds. The monoisotopic (exact) mass is 401 g/mol. The van der Waals surface area contributed by atoms with Crippen LogP contribution in [0.4, 0.5) is 5.69 Å². The van der Waals surface area contributed by atoms with Crippen LogP contribution in [0.1, 0.15) is 23.1 Å². The fourth-order valence-corrected chi connectivity index (χ4v) is 3.00. The number of carboxylic acid groups (broad SMARTS) is 2. The molecule has 0 aliphatic carbocycles. The van der Waals surface area contributed by atoms with Crippen LogP contribution in [0.2, 0.25) is 0 Å². The molecule has 2 aromatic rings. The zero-order valence-electron chi connectivity index (χ0n) is 15.5. The molecule has 0 saturated heterocycles. The van der Waals surface area contributed by atoms with Gasteiger partial charge in [-0.05, 0) is 18.1 Å². The fraction of sp³-hybridized carbons (Fsp3) is 0.250. The van der Waals surface area contributed by atoms with Gasteiger partial charge in [0.2, 0.25) is 0 Å². The van der Waals surface area contributed by atoms with E-state index in [4.69, 9.17) is 4.74 Å². The molecule has 0 bridgehead atoms. The first-order valence-electron chi connectivity index (χ1n) is 8.61. The van der Waals surface area contributed by atoms with Crippen LogP contribution in [0.25, 0.3) is 0 Å². The highest BCUT2D eigenvalue weighted by Crippen LogP contribution is 2.29. The zero-order chi connectivity index (χ0) is 21.6. The molecular weight excluding hydrogens is 382 g/mol. The van der Waals surface area contributed by atoms with E-state index in [9.17, 15) is 34.7 Å². The molecule has 0 atom stereocenters. The summed E-state index contributed by atoms with van der Waals surface area (Å²) in [5.74, 6) is -3.88. The third-order valence-electron chi connectivity index (χ3n) is 4.69. The molecule has 0 aromatic heterocycles. The third kappa shape index (κ3) is 4.57. The van der Waals surface area contributed by atoms with E-state index in [0.29, 0.717) is 11.1 Å². The second-order valence-electron chi connectivity index (χ2n) is 6.35. The average Bonchev–Trinajstić information content (AvgIpc) is 2.66. The maximum absolute atomic E-state index is 12.1. The van der Waals surface area contributed by atoms with Crippen LogP contribution in [-0.2, 0) is 31.0 Å². The molecule has 9 heteroatoms. The number of nitro groups is 1. The van der Waals surface area contributed by atoms with Crippen LogP contribution >= 0.6 is 0 Å². The van der Waals surface area contributed by atoms with Crippen LogP contribution in [0.3, 0.4) is 0 Å². The van der Waals surface area contributed by atoms with Gasteiger partial charge in [0, 0.05) is 18.1 Å². The Morgan fingerprint density at radius 3 is 2.21 bits per heavy atom. The molecule has 0 heterocycles. The Kier molecular flexibility index (Phi) is 6.66. The van der Waals surface area contributed by atoms with Gasteiger partial charge in [-0.15, -0.1) is 0 Å². The number of hydrogen-bond acceptors (Lipinski definition) is 6. The van der Waals surface area contributed by atoms with Crippen molar-refractivity contribution in [2.45, 2.75) is 25.2 Å². The van der Waals surface area contributed by atoms with Gasteiger partial charge in [-0.1, -0.05) is 42.5 Å². The summed E-state index contributed by atoms with van der Waals surface area (Å²) in [5, 5.41) is 30.1. The molecule has 0 radical (unpaired) electrons. The van der Waals surface area contributed by atoms with Crippen molar-refractivity contribution in [3.63, 3.8) is 0 Å². The zero-order valence-corrected chi connectivity index (χ0v) is 15.5. The summed E-state index contributed by atoms with van der Waals surface area (Å²) in [6.07, 6.45) is -0.729. The lowest BCUT2D eigenvalue weighted by atomic mass is 9.78. The highest BCUT2D eigenvalue weighted by molar-refractivity contribution is 6.04. The number of rotatable bonds is 9. The lowest BCUT2D eigenvalue weighted by Gasteiger charge is -2.25. The van der Waals surface area contributed by atoms with Gasteiger partial charge < -0.3 is 14.9 Å². The van der Waals surface area contributed by atoms with E-state index in [0.717, 1.165) is 0 Å². The van der Waals surface area contributed by atoms with Crippen molar-refractivity contribution >= 4 is 23.6 Å². The van der Waals surface area contributed by atoms with Crippen LogP contribution in [-0.4, -0.2) is 39.7 Å². The molecule has 0 unspecified atom stereocenters.